The fraction of sp³-hybridized carbons (Fsp3) is 0.389. The Morgan fingerprint density at radius 3 is 2.68 bits per heavy atom. The Morgan fingerprint density at radius 1 is 1.27 bits per heavy atom. The van der Waals surface area contributed by atoms with E-state index in [4.69, 9.17) is 9.47 Å². The number of benzene rings is 1. The van der Waals surface area contributed by atoms with Crippen molar-refractivity contribution in [3.63, 3.8) is 0 Å². The van der Waals surface area contributed by atoms with Gasteiger partial charge in [-0.3, -0.25) is 0 Å². The molecular formula is C18H22O4. The van der Waals surface area contributed by atoms with E-state index >= 15 is 0 Å². The third-order valence-corrected chi connectivity index (χ3v) is 3.38. The van der Waals surface area contributed by atoms with Crippen molar-refractivity contribution in [1.29, 1.82) is 0 Å². The number of hydrogen-bond donors (Lipinski definition) is 1. The number of ether oxygens (including phenoxy) is 2. The number of rotatable bonds is 5. The van der Waals surface area contributed by atoms with Crippen molar-refractivity contribution < 1.29 is 19.4 Å². The molecule has 118 valence electrons. The molecule has 0 heterocycles. The second kappa shape index (κ2) is 7.80. The highest BCUT2D eigenvalue weighted by Gasteiger charge is 2.26. The van der Waals surface area contributed by atoms with Gasteiger partial charge in [0.15, 0.2) is 0 Å². The zero-order valence-corrected chi connectivity index (χ0v) is 12.9. The third kappa shape index (κ3) is 5.04. The number of aliphatic hydroxyl groups is 1. The van der Waals surface area contributed by atoms with E-state index in [1.807, 2.05) is 42.5 Å². The van der Waals surface area contributed by atoms with Crippen LogP contribution in [0.3, 0.4) is 0 Å². The van der Waals surface area contributed by atoms with Gasteiger partial charge >= 0.3 is 6.16 Å². The largest absolute Gasteiger partial charge is 0.509 e. The molecule has 4 nitrogen and oxygen atoms in total. The lowest BCUT2D eigenvalue weighted by molar-refractivity contribution is 0.0145. The fourth-order valence-electron chi connectivity index (χ4n) is 2.29. The number of carbonyl (C=O) groups is 1. The van der Waals surface area contributed by atoms with E-state index in [-0.39, 0.29) is 18.1 Å². The summed E-state index contributed by atoms with van der Waals surface area (Å²) in [6.45, 7) is 3.54. The van der Waals surface area contributed by atoms with Gasteiger partial charge in [0.1, 0.15) is 6.10 Å². The molecule has 0 saturated carbocycles. The van der Waals surface area contributed by atoms with Crippen LogP contribution in [-0.2, 0) is 9.47 Å². The Bertz CT molecular complexity index is 533. The minimum atomic E-state index is -0.667. The first kappa shape index (κ1) is 16.3. The number of carbonyl (C=O) groups excluding carboxylic acids is 1. The van der Waals surface area contributed by atoms with E-state index in [9.17, 15) is 9.90 Å². The molecule has 1 N–H and O–H groups in total. The van der Waals surface area contributed by atoms with Gasteiger partial charge < -0.3 is 14.6 Å². The zero-order chi connectivity index (χ0) is 15.9. The van der Waals surface area contributed by atoms with Crippen molar-refractivity contribution in [2.75, 3.05) is 0 Å². The Hall–Kier alpha value is -2.07. The molecule has 2 rings (SSSR count). The van der Waals surface area contributed by atoms with Gasteiger partial charge in [-0.1, -0.05) is 48.6 Å². The minimum Gasteiger partial charge on any atom is -0.432 e. The normalized spacial score (nSPS) is 22.2. The molecule has 3 atom stereocenters. The van der Waals surface area contributed by atoms with Gasteiger partial charge in [-0.25, -0.2) is 4.79 Å². The van der Waals surface area contributed by atoms with Crippen molar-refractivity contribution in [3.05, 3.63) is 54.1 Å². The highest BCUT2D eigenvalue weighted by Crippen LogP contribution is 2.25. The molecule has 1 aliphatic carbocycles. The molecule has 1 aliphatic rings. The molecule has 0 amide bonds. The molecule has 0 fully saturated rings. The molecule has 0 aliphatic heterocycles. The smallest absolute Gasteiger partial charge is 0.432 e. The Kier molecular flexibility index (Phi) is 5.78. The minimum absolute atomic E-state index is 0.0585. The molecule has 0 aromatic heterocycles. The van der Waals surface area contributed by atoms with E-state index in [1.165, 1.54) is 0 Å². The maximum absolute atomic E-state index is 11.4. The molecule has 22 heavy (non-hydrogen) atoms. The third-order valence-electron chi connectivity index (χ3n) is 3.38. The predicted octanol–water partition coefficient (Wildman–Crippen LogP) is 3.57. The first-order chi connectivity index (χ1) is 10.5. The van der Waals surface area contributed by atoms with Gasteiger partial charge in [-0.15, -0.1) is 0 Å². The molecule has 0 bridgehead atoms. The van der Waals surface area contributed by atoms with Crippen LogP contribution in [0.2, 0.25) is 0 Å². The first-order valence-corrected chi connectivity index (χ1v) is 7.51. The molecule has 0 radical (unpaired) electrons. The van der Waals surface area contributed by atoms with Crippen LogP contribution in [0, 0.1) is 5.92 Å². The van der Waals surface area contributed by atoms with Crippen molar-refractivity contribution in [2.45, 2.75) is 38.6 Å². The Morgan fingerprint density at radius 2 is 2.00 bits per heavy atom. The molecule has 0 saturated heterocycles. The van der Waals surface area contributed by atoms with Crippen LogP contribution < -0.4 is 0 Å². The lowest BCUT2D eigenvalue weighted by Crippen LogP contribution is -2.22. The summed E-state index contributed by atoms with van der Waals surface area (Å²) >= 11 is 0. The topological polar surface area (TPSA) is 55.8 Å². The maximum Gasteiger partial charge on any atom is 0.509 e. The summed E-state index contributed by atoms with van der Waals surface area (Å²) in [5.74, 6) is -0.0585. The Labute approximate surface area is 131 Å². The second-order valence-electron chi connectivity index (χ2n) is 5.62. The van der Waals surface area contributed by atoms with E-state index in [2.05, 4.69) is 0 Å². The van der Waals surface area contributed by atoms with Crippen LogP contribution in [0.25, 0.3) is 6.08 Å². The van der Waals surface area contributed by atoms with Crippen LogP contribution in [0.1, 0.15) is 25.8 Å². The standard InChI is InChI=1S/C18H22O4/c1-13(2)21-18(20)22-16-10-9-15(12-16)17(19)11-8-14-6-4-3-5-7-14/h3-11,13,15-17,19H,12H2,1-2H3/b11-8+/t15-,16-,17+/m0/s1. The van der Waals surface area contributed by atoms with Crippen molar-refractivity contribution in [1.82, 2.24) is 0 Å². The van der Waals surface area contributed by atoms with Gasteiger partial charge in [-0.05, 0) is 31.9 Å². The summed E-state index contributed by atoms with van der Waals surface area (Å²) in [6.07, 6.45) is 6.08. The maximum atomic E-state index is 11.4. The highest BCUT2D eigenvalue weighted by atomic mass is 16.7. The number of hydrogen-bond acceptors (Lipinski definition) is 4. The van der Waals surface area contributed by atoms with Crippen LogP contribution in [0.4, 0.5) is 4.79 Å². The molecule has 0 unspecified atom stereocenters. The van der Waals surface area contributed by atoms with Gasteiger partial charge in [0.2, 0.25) is 0 Å². The lowest BCUT2D eigenvalue weighted by Gasteiger charge is -2.16. The average Bonchev–Trinajstić information content (AvgIpc) is 2.93. The summed E-state index contributed by atoms with van der Waals surface area (Å²) in [7, 11) is 0. The first-order valence-electron chi connectivity index (χ1n) is 7.51. The lowest BCUT2D eigenvalue weighted by atomic mass is 10.0. The van der Waals surface area contributed by atoms with Gasteiger partial charge in [0.25, 0.3) is 0 Å². The van der Waals surface area contributed by atoms with Crippen LogP contribution in [-0.4, -0.2) is 29.6 Å². The average molecular weight is 302 g/mol. The fourth-order valence-corrected chi connectivity index (χ4v) is 2.29. The monoisotopic (exact) mass is 302 g/mol. The summed E-state index contributed by atoms with van der Waals surface area (Å²) in [6, 6.07) is 9.80. The van der Waals surface area contributed by atoms with Crippen LogP contribution >= 0.6 is 0 Å². The van der Waals surface area contributed by atoms with E-state index in [0.717, 1.165) is 5.56 Å². The van der Waals surface area contributed by atoms with Crippen LogP contribution in [0.5, 0.6) is 0 Å². The van der Waals surface area contributed by atoms with Crippen molar-refractivity contribution >= 4 is 12.2 Å². The van der Waals surface area contributed by atoms with E-state index in [1.54, 1.807) is 26.0 Å². The van der Waals surface area contributed by atoms with Gasteiger partial charge in [-0.2, -0.15) is 0 Å². The van der Waals surface area contributed by atoms with Gasteiger partial charge in [0, 0.05) is 5.92 Å². The SMILES string of the molecule is CC(C)OC(=O)O[C@H]1C=C[C@H]([C@H](O)/C=C/c2ccccc2)C1. The van der Waals surface area contributed by atoms with E-state index in [0.29, 0.717) is 6.42 Å². The zero-order valence-electron chi connectivity index (χ0n) is 12.9. The Balaban J connectivity index is 1.81. The van der Waals surface area contributed by atoms with Crippen molar-refractivity contribution in [3.8, 4) is 0 Å². The quantitative estimate of drug-likeness (QED) is 0.667. The summed E-state index contributed by atoms with van der Waals surface area (Å²) in [5.41, 5.74) is 1.04. The number of aliphatic hydroxyl groups excluding tert-OH is 1. The molecule has 1 aromatic carbocycles. The van der Waals surface area contributed by atoms with Crippen LogP contribution in [0.15, 0.2) is 48.6 Å². The summed E-state index contributed by atoms with van der Waals surface area (Å²) in [4.78, 5) is 11.4. The van der Waals surface area contributed by atoms with Crippen molar-refractivity contribution in [2.24, 2.45) is 5.92 Å². The molecule has 0 spiro atoms. The summed E-state index contributed by atoms with van der Waals surface area (Å²) in [5, 5.41) is 10.2. The second-order valence-corrected chi connectivity index (χ2v) is 5.62. The molecule has 4 heteroatoms. The highest BCUT2D eigenvalue weighted by molar-refractivity contribution is 5.60. The predicted molar refractivity (Wildman–Crippen MR) is 85.2 cm³/mol. The van der Waals surface area contributed by atoms with E-state index < -0.39 is 12.3 Å². The molecular weight excluding hydrogens is 280 g/mol. The summed E-state index contributed by atoms with van der Waals surface area (Å²) < 4.78 is 10.1. The molecule has 1 aromatic rings. The van der Waals surface area contributed by atoms with Gasteiger partial charge in [0.05, 0.1) is 12.2 Å².